The number of esters is 2. The molecule has 0 bridgehead atoms. The standard InChI is InChI=1S/C24H28N2O5S/c1-15-6-8-17(9-7-15)22-21(31-16(2)27)23(28)26(13-12-25(3)4)19-14-18(24(29)30-5)10-11-20(19)32-22/h6-11,14,21-22H,12-13H2,1-5H3/t21-,22+/m1/s1. The minimum atomic E-state index is -1.00. The van der Waals surface area contributed by atoms with Gasteiger partial charge in [-0.1, -0.05) is 29.8 Å². The van der Waals surface area contributed by atoms with Crippen LogP contribution in [0.15, 0.2) is 47.4 Å². The molecule has 1 heterocycles. The third-order valence-corrected chi connectivity index (χ3v) is 6.55. The second-order valence-electron chi connectivity index (χ2n) is 7.95. The zero-order valence-corrected chi connectivity index (χ0v) is 19.8. The van der Waals surface area contributed by atoms with Gasteiger partial charge in [0.25, 0.3) is 5.91 Å². The van der Waals surface area contributed by atoms with E-state index in [0.29, 0.717) is 24.3 Å². The molecule has 2 atom stereocenters. The van der Waals surface area contributed by atoms with Crippen LogP contribution in [-0.2, 0) is 19.1 Å². The number of fused-ring (bicyclic) bond motifs is 1. The van der Waals surface area contributed by atoms with Crippen molar-refractivity contribution in [2.75, 3.05) is 39.2 Å². The Bertz CT molecular complexity index is 1010. The first-order valence-corrected chi connectivity index (χ1v) is 11.2. The Morgan fingerprint density at radius 3 is 2.41 bits per heavy atom. The van der Waals surface area contributed by atoms with E-state index in [-0.39, 0.29) is 5.91 Å². The summed E-state index contributed by atoms with van der Waals surface area (Å²) in [7, 11) is 5.16. The monoisotopic (exact) mass is 456 g/mol. The van der Waals surface area contributed by atoms with Gasteiger partial charge in [-0.25, -0.2) is 4.79 Å². The maximum atomic E-state index is 13.8. The summed E-state index contributed by atoms with van der Waals surface area (Å²) in [6.45, 7) is 4.27. The van der Waals surface area contributed by atoms with Crippen molar-refractivity contribution in [3.63, 3.8) is 0 Å². The van der Waals surface area contributed by atoms with Gasteiger partial charge in [-0.15, -0.1) is 11.8 Å². The molecule has 0 saturated carbocycles. The number of anilines is 1. The summed E-state index contributed by atoms with van der Waals surface area (Å²) in [4.78, 5) is 42.3. The van der Waals surface area contributed by atoms with Gasteiger partial charge in [-0.3, -0.25) is 9.59 Å². The minimum Gasteiger partial charge on any atom is -0.465 e. The van der Waals surface area contributed by atoms with Gasteiger partial charge in [-0.2, -0.15) is 0 Å². The number of likely N-dealkylation sites (N-methyl/N-ethyl adjacent to an activating group) is 1. The number of hydrogen-bond acceptors (Lipinski definition) is 7. The lowest BCUT2D eigenvalue weighted by molar-refractivity contribution is -0.152. The fraction of sp³-hybridized carbons (Fsp3) is 0.375. The van der Waals surface area contributed by atoms with E-state index in [1.54, 1.807) is 17.0 Å². The molecule has 32 heavy (non-hydrogen) atoms. The summed E-state index contributed by atoms with van der Waals surface area (Å²) in [5, 5.41) is -0.431. The highest BCUT2D eigenvalue weighted by atomic mass is 32.2. The van der Waals surface area contributed by atoms with Gasteiger partial charge in [0.15, 0.2) is 6.10 Å². The second-order valence-corrected chi connectivity index (χ2v) is 9.13. The molecule has 2 aromatic carbocycles. The minimum absolute atomic E-state index is 0.319. The molecule has 3 rings (SSSR count). The largest absolute Gasteiger partial charge is 0.465 e. The van der Waals surface area contributed by atoms with Crippen LogP contribution in [-0.4, -0.2) is 63.1 Å². The zero-order valence-electron chi connectivity index (χ0n) is 19.0. The van der Waals surface area contributed by atoms with Crippen LogP contribution in [0.3, 0.4) is 0 Å². The molecular formula is C24H28N2O5S. The van der Waals surface area contributed by atoms with Crippen LogP contribution in [0.5, 0.6) is 0 Å². The molecule has 1 amide bonds. The smallest absolute Gasteiger partial charge is 0.337 e. The van der Waals surface area contributed by atoms with Crippen molar-refractivity contribution >= 4 is 35.3 Å². The summed E-state index contributed by atoms with van der Waals surface area (Å²) >= 11 is 1.45. The van der Waals surface area contributed by atoms with Crippen LogP contribution in [0.25, 0.3) is 0 Å². The molecule has 0 aliphatic carbocycles. The highest BCUT2D eigenvalue weighted by Gasteiger charge is 2.41. The van der Waals surface area contributed by atoms with Gasteiger partial charge in [0, 0.05) is 24.9 Å². The molecule has 7 nitrogen and oxygen atoms in total. The lowest BCUT2D eigenvalue weighted by atomic mass is 10.0. The van der Waals surface area contributed by atoms with Gasteiger partial charge in [0.1, 0.15) is 0 Å². The molecule has 0 saturated heterocycles. The summed E-state index contributed by atoms with van der Waals surface area (Å²) in [6, 6.07) is 13.0. The highest BCUT2D eigenvalue weighted by Crippen LogP contribution is 2.47. The van der Waals surface area contributed by atoms with Crippen LogP contribution in [0.1, 0.15) is 33.7 Å². The van der Waals surface area contributed by atoms with Gasteiger partial charge < -0.3 is 19.3 Å². The Kier molecular flexibility index (Phi) is 7.58. The van der Waals surface area contributed by atoms with E-state index < -0.39 is 23.3 Å². The number of hydrogen-bond donors (Lipinski definition) is 0. The van der Waals surface area contributed by atoms with E-state index in [1.807, 2.05) is 56.3 Å². The van der Waals surface area contributed by atoms with E-state index in [0.717, 1.165) is 16.0 Å². The maximum absolute atomic E-state index is 13.8. The fourth-order valence-electron chi connectivity index (χ4n) is 3.49. The van der Waals surface area contributed by atoms with Crippen molar-refractivity contribution in [3.05, 3.63) is 59.2 Å². The summed E-state index contributed by atoms with van der Waals surface area (Å²) in [5.74, 6) is -1.32. The second kappa shape index (κ2) is 10.2. The fourth-order valence-corrected chi connectivity index (χ4v) is 4.79. The molecular weight excluding hydrogens is 428 g/mol. The maximum Gasteiger partial charge on any atom is 0.337 e. The number of thioether (sulfide) groups is 1. The van der Waals surface area contributed by atoms with Crippen LogP contribution < -0.4 is 4.90 Å². The van der Waals surface area contributed by atoms with E-state index in [2.05, 4.69) is 0 Å². The van der Waals surface area contributed by atoms with Crippen LogP contribution in [0, 0.1) is 6.92 Å². The lowest BCUT2D eigenvalue weighted by Gasteiger charge is -2.28. The number of amides is 1. The number of carbonyl (C=O) groups is 3. The van der Waals surface area contributed by atoms with E-state index in [9.17, 15) is 14.4 Å². The van der Waals surface area contributed by atoms with Crippen molar-refractivity contribution in [2.24, 2.45) is 0 Å². The Hall–Kier alpha value is -2.84. The van der Waals surface area contributed by atoms with Crippen molar-refractivity contribution in [1.82, 2.24) is 4.90 Å². The number of methoxy groups -OCH3 is 1. The van der Waals surface area contributed by atoms with E-state index in [4.69, 9.17) is 9.47 Å². The van der Waals surface area contributed by atoms with Gasteiger partial charge in [0.05, 0.1) is 23.6 Å². The molecule has 1 aliphatic heterocycles. The normalized spacial score (nSPS) is 18.2. The molecule has 0 radical (unpaired) electrons. The Labute approximate surface area is 192 Å². The summed E-state index contributed by atoms with van der Waals surface area (Å²) in [6.07, 6.45) is -1.00. The molecule has 0 N–H and O–H groups in total. The predicted molar refractivity (Wildman–Crippen MR) is 124 cm³/mol. The van der Waals surface area contributed by atoms with Crippen LogP contribution >= 0.6 is 11.8 Å². The van der Waals surface area contributed by atoms with E-state index in [1.165, 1.54) is 25.8 Å². The molecule has 8 heteroatoms. The molecule has 170 valence electrons. The average Bonchev–Trinajstić information content (AvgIpc) is 2.86. The first kappa shape index (κ1) is 23.8. The van der Waals surface area contributed by atoms with Gasteiger partial charge in [0.2, 0.25) is 0 Å². The van der Waals surface area contributed by atoms with Crippen molar-refractivity contribution in [2.45, 2.75) is 30.1 Å². The third-order valence-electron chi connectivity index (χ3n) is 5.18. The van der Waals surface area contributed by atoms with Gasteiger partial charge in [-0.05, 0) is 44.8 Å². The number of carbonyl (C=O) groups excluding carboxylic acids is 3. The SMILES string of the molecule is COC(=O)c1ccc2c(c1)N(CCN(C)C)C(=O)[C@H](OC(C)=O)[C@H](c1ccc(C)cc1)S2. The van der Waals surface area contributed by atoms with E-state index >= 15 is 0 Å². The molecule has 0 aromatic heterocycles. The third kappa shape index (κ3) is 5.31. The first-order valence-electron chi connectivity index (χ1n) is 10.3. The molecule has 2 aromatic rings. The van der Waals surface area contributed by atoms with Crippen molar-refractivity contribution in [1.29, 1.82) is 0 Å². The predicted octanol–water partition coefficient (Wildman–Crippen LogP) is 3.45. The lowest BCUT2D eigenvalue weighted by Crippen LogP contribution is -2.45. The Morgan fingerprint density at radius 1 is 1.12 bits per heavy atom. The highest BCUT2D eigenvalue weighted by molar-refractivity contribution is 7.99. The van der Waals surface area contributed by atoms with Gasteiger partial charge >= 0.3 is 11.9 Å². The Balaban J connectivity index is 2.14. The van der Waals surface area contributed by atoms with Crippen molar-refractivity contribution < 1.29 is 23.9 Å². The summed E-state index contributed by atoms with van der Waals surface area (Å²) < 4.78 is 10.5. The van der Waals surface area contributed by atoms with Crippen molar-refractivity contribution in [3.8, 4) is 0 Å². The quantitative estimate of drug-likeness (QED) is 0.616. The number of benzene rings is 2. The summed E-state index contributed by atoms with van der Waals surface area (Å²) in [5.41, 5.74) is 2.94. The molecule has 0 fully saturated rings. The number of ether oxygens (including phenoxy) is 2. The first-order chi connectivity index (χ1) is 15.2. The number of aryl methyl sites for hydroxylation is 1. The van der Waals surface area contributed by atoms with Crippen LogP contribution in [0.4, 0.5) is 5.69 Å². The Morgan fingerprint density at radius 2 is 1.81 bits per heavy atom. The number of rotatable bonds is 6. The topological polar surface area (TPSA) is 76.2 Å². The number of nitrogens with zero attached hydrogens (tertiary/aromatic N) is 2. The molecule has 0 unspecified atom stereocenters. The molecule has 0 spiro atoms. The molecule has 1 aliphatic rings. The zero-order chi connectivity index (χ0) is 23.4. The van der Waals surface area contributed by atoms with Crippen LogP contribution in [0.2, 0.25) is 0 Å². The average molecular weight is 457 g/mol.